The zero-order chi connectivity index (χ0) is 25.2. The van der Waals surface area contributed by atoms with Crippen molar-refractivity contribution in [1.82, 2.24) is 10.3 Å². The first-order chi connectivity index (χ1) is 16.8. The highest BCUT2D eigenvalue weighted by atomic mass is 35.5. The van der Waals surface area contributed by atoms with E-state index in [1.807, 2.05) is 12.1 Å². The molecule has 4 N–H and O–H groups in total. The number of rotatable bonds is 11. The monoisotopic (exact) mass is 500 g/mol. The molecule has 10 heteroatoms. The summed E-state index contributed by atoms with van der Waals surface area (Å²) in [4.78, 5) is 26.4. The van der Waals surface area contributed by atoms with Crippen LogP contribution in [0.3, 0.4) is 0 Å². The van der Waals surface area contributed by atoms with Gasteiger partial charge in [-0.15, -0.1) is 0 Å². The van der Waals surface area contributed by atoms with Crippen molar-refractivity contribution in [3.05, 3.63) is 88.6 Å². The Hall–Kier alpha value is -3.50. The minimum absolute atomic E-state index is 0.129. The van der Waals surface area contributed by atoms with Gasteiger partial charge < -0.3 is 30.1 Å². The molecule has 0 aliphatic carbocycles. The van der Waals surface area contributed by atoms with Crippen molar-refractivity contribution in [2.45, 2.75) is 25.2 Å². The van der Waals surface area contributed by atoms with Gasteiger partial charge >= 0.3 is 11.9 Å². The number of aliphatic carboxylic acids is 1. The number of hydrogen-bond donors (Lipinski definition) is 4. The van der Waals surface area contributed by atoms with Crippen LogP contribution in [0.1, 0.15) is 22.9 Å². The summed E-state index contributed by atoms with van der Waals surface area (Å²) < 4.78 is 10.6. The van der Waals surface area contributed by atoms with Crippen LogP contribution in [0.5, 0.6) is 11.6 Å². The molecule has 0 bridgehead atoms. The van der Waals surface area contributed by atoms with Gasteiger partial charge in [-0.1, -0.05) is 41.9 Å². The van der Waals surface area contributed by atoms with Crippen molar-refractivity contribution in [3.63, 3.8) is 0 Å². The van der Waals surface area contributed by atoms with Gasteiger partial charge in [-0.05, 0) is 47.9 Å². The molecule has 1 aromatic heterocycles. The van der Waals surface area contributed by atoms with Gasteiger partial charge in [-0.25, -0.2) is 14.6 Å². The lowest BCUT2D eigenvalue weighted by molar-refractivity contribution is -0.164. The normalized spacial score (nSPS) is 12.5. The summed E-state index contributed by atoms with van der Waals surface area (Å²) in [7, 11) is 0. The van der Waals surface area contributed by atoms with E-state index in [4.69, 9.17) is 26.2 Å². The van der Waals surface area contributed by atoms with Crippen LogP contribution >= 0.6 is 11.6 Å². The van der Waals surface area contributed by atoms with Crippen molar-refractivity contribution in [2.24, 2.45) is 0 Å². The van der Waals surface area contributed by atoms with Crippen LogP contribution in [0.4, 0.5) is 0 Å². The number of benzene rings is 2. The minimum Gasteiger partial charge on any atom is -0.473 e. The average molecular weight is 501 g/mol. The van der Waals surface area contributed by atoms with Crippen LogP contribution in [-0.4, -0.2) is 51.4 Å². The number of carbonyl (C=O) groups excluding carboxylic acids is 1. The molecular weight excluding hydrogens is 476 g/mol. The lowest BCUT2D eigenvalue weighted by Gasteiger charge is -2.21. The van der Waals surface area contributed by atoms with E-state index in [1.165, 1.54) is 0 Å². The molecule has 3 rings (SSSR count). The van der Waals surface area contributed by atoms with Gasteiger partial charge in [0, 0.05) is 23.7 Å². The molecule has 0 radical (unpaired) electrons. The smallest absolute Gasteiger partial charge is 0.417 e. The fourth-order valence-electron chi connectivity index (χ4n) is 3.24. The Morgan fingerprint density at radius 3 is 2.49 bits per heavy atom. The molecule has 0 saturated heterocycles. The Bertz CT molecular complexity index is 1140. The van der Waals surface area contributed by atoms with E-state index < -0.39 is 24.1 Å². The number of carbonyl (C=O) groups is 2. The van der Waals surface area contributed by atoms with Crippen molar-refractivity contribution >= 4 is 23.5 Å². The molecular formula is C25H25ClN2O7. The summed E-state index contributed by atoms with van der Waals surface area (Å²) in [5, 5.41) is 32.1. The predicted molar refractivity (Wildman–Crippen MR) is 127 cm³/mol. The zero-order valence-corrected chi connectivity index (χ0v) is 19.4. The maximum atomic E-state index is 11.4. The number of hydrogen-bond acceptors (Lipinski definition) is 8. The first kappa shape index (κ1) is 26.1. The highest BCUT2D eigenvalue weighted by Crippen LogP contribution is 2.21. The first-order valence-electron chi connectivity index (χ1n) is 10.7. The van der Waals surface area contributed by atoms with E-state index in [-0.39, 0.29) is 19.8 Å². The standard InChI is InChI=1S/C25H25ClN2O7/c26-18-4-1-3-17(12-18)22(30)13-27-20(15-34-25(33)24(31)32)11-16-7-9-21(10-8-16)35-23-6-2-5-19(14-29)28-23/h1-10,12,20,22,27,29-30H,11,13-15H2,(H,31,32)/t20-,22-/m0/s1. The summed E-state index contributed by atoms with van der Waals surface area (Å²) >= 11 is 5.98. The Labute approximate surface area is 206 Å². The number of carboxylic acid groups (broad SMARTS) is 1. The number of nitrogens with zero attached hydrogens (tertiary/aromatic N) is 1. The number of aliphatic hydroxyl groups excluding tert-OH is 2. The molecule has 2 aromatic carbocycles. The Morgan fingerprint density at radius 2 is 1.80 bits per heavy atom. The van der Waals surface area contributed by atoms with Crippen molar-refractivity contribution in [1.29, 1.82) is 0 Å². The fourth-order valence-corrected chi connectivity index (χ4v) is 3.44. The van der Waals surface area contributed by atoms with Gasteiger partial charge in [0.15, 0.2) is 0 Å². The Balaban J connectivity index is 1.64. The second-order valence-corrected chi connectivity index (χ2v) is 8.09. The van der Waals surface area contributed by atoms with Gasteiger partial charge in [0.2, 0.25) is 5.88 Å². The molecule has 0 amide bonds. The number of carboxylic acids is 1. The van der Waals surface area contributed by atoms with E-state index in [0.29, 0.717) is 34.3 Å². The number of aliphatic hydroxyl groups is 2. The van der Waals surface area contributed by atoms with E-state index in [2.05, 4.69) is 10.3 Å². The third-order valence-electron chi connectivity index (χ3n) is 4.99. The summed E-state index contributed by atoms with van der Waals surface area (Å²) in [6, 6.07) is 18.5. The van der Waals surface area contributed by atoms with Gasteiger partial charge in [0.1, 0.15) is 12.4 Å². The van der Waals surface area contributed by atoms with E-state index >= 15 is 0 Å². The van der Waals surface area contributed by atoms with Crippen LogP contribution in [0, 0.1) is 0 Å². The number of pyridine rings is 1. The van der Waals surface area contributed by atoms with Crippen molar-refractivity contribution < 1.29 is 34.4 Å². The second-order valence-electron chi connectivity index (χ2n) is 7.66. The highest BCUT2D eigenvalue weighted by Gasteiger charge is 2.19. The molecule has 1 heterocycles. The van der Waals surface area contributed by atoms with Crippen molar-refractivity contribution in [2.75, 3.05) is 13.2 Å². The van der Waals surface area contributed by atoms with Gasteiger partial charge in [-0.3, -0.25) is 0 Å². The molecule has 3 aromatic rings. The van der Waals surface area contributed by atoms with E-state index in [9.17, 15) is 19.8 Å². The number of nitrogens with one attached hydrogen (secondary N) is 1. The maximum absolute atomic E-state index is 11.4. The third kappa shape index (κ3) is 8.34. The Morgan fingerprint density at radius 1 is 1.06 bits per heavy atom. The quantitative estimate of drug-likeness (QED) is 0.231. The maximum Gasteiger partial charge on any atom is 0.417 e. The average Bonchev–Trinajstić information content (AvgIpc) is 2.86. The molecule has 35 heavy (non-hydrogen) atoms. The lowest BCUT2D eigenvalue weighted by Crippen LogP contribution is -2.39. The van der Waals surface area contributed by atoms with E-state index in [1.54, 1.807) is 54.6 Å². The van der Waals surface area contributed by atoms with E-state index in [0.717, 1.165) is 5.56 Å². The zero-order valence-electron chi connectivity index (χ0n) is 18.6. The van der Waals surface area contributed by atoms with Crippen LogP contribution in [-0.2, 0) is 27.4 Å². The topological polar surface area (TPSA) is 138 Å². The highest BCUT2D eigenvalue weighted by molar-refractivity contribution is 6.30. The number of esters is 1. The molecule has 0 unspecified atom stereocenters. The molecule has 0 aliphatic heterocycles. The van der Waals surface area contributed by atoms with Crippen LogP contribution in [0.2, 0.25) is 5.02 Å². The fraction of sp³-hybridized carbons (Fsp3) is 0.240. The molecule has 0 aliphatic rings. The molecule has 0 fully saturated rings. The van der Waals surface area contributed by atoms with Crippen LogP contribution < -0.4 is 10.1 Å². The van der Waals surface area contributed by atoms with Crippen LogP contribution in [0.15, 0.2) is 66.7 Å². The molecule has 2 atom stereocenters. The first-order valence-corrected chi connectivity index (χ1v) is 11.1. The number of aromatic nitrogens is 1. The van der Waals surface area contributed by atoms with Gasteiger partial charge in [0.25, 0.3) is 0 Å². The second kappa shape index (κ2) is 12.8. The SMILES string of the molecule is O=C(O)C(=O)OC[C@H](Cc1ccc(Oc2cccc(CO)n2)cc1)NC[C@H](O)c1cccc(Cl)c1. The third-order valence-corrected chi connectivity index (χ3v) is 5.23. The summed E-state index contributed by atoms with van der Waals surface area (Å²) in [6.45, 7) is -0.268. The lowest BCUT2D eigenvalue weighted by atomic mass is 10.0. The van der Waals surface area contributed by atoms with Crippen molar-refractivity contribution in [3.8, 4) is 11.6 Å². The summed E-state index contributed by atoms with van der Waals surface area (Å²) in [6.07, 6.45) is -0.488. The molecule has 9 nitrogen and oxygen atoms in total. The van der Waals surface area contributed by atoms with Crippen LogP contribution in [0.25, 0.3) is 0 Å². The summed E-state index contributed by atoms with van der Waals surface area (Å²) in [5.41, 5.74) is 1.96. The molecule has 184 valence electrons. The summed E-state index contributed by atoms with van der Waals surface area (Å²) in [5.74, 6) is -2.15. The minimum atomic E-state index is -1.68. The molecule has 0 spiro atoms. The van der Waals surface area contributed by atoms with Gasteiger partial charge in [0.05, 0.1) is 18.4 Å². The predicted octanol–water partition coefficient (Wildman–Crippen LogP) is 2.88. The molecule has 0 saturated carbocycles. The Kier molecular flexibility index (Phi) is 9.56. The number of halogens is 1. The van der Waals surface area contributed by atoms with Gasteiger partial charge in [-0.2, -0.15) is 0 Å². The largest absolute Gasteiger partial charge is 0.473 e. The number of ether oxygens (including phenoxy) is 2.